The fourth-order valence-corrected chi connectivity index (χ4v) is 3.33. The Kier molecular flexibility index (Phi) is 5.74. The molecule has 1 heterocycles. The van der Waals surface area contributed by atoms with Crippen molar-refractivity contribution in [2.24, 2.45) is 0 Å². The number of nitrogens with zero attached hydrogens (tertiary/aromatic N) is 2. The van der Waals surface area contributed by atoms with Crippen LogP contribution in [0.2, 0.25) is 0 Å². The number of benzene rings is 2. The topological polar surface area (TPSA) is 52.7 Å². The number of carbonyl (C=O) groups is 2. The lowest BCUT2D eigenvalue weighted by Gasteiger charge is -2.41. The van der Waals surface area contributed by atoms with Gasteiger partial charge in [-0.05, 0) is 37.3 Å². The molecule has 0 saturated carbocycles. The first-order valence-electron chi connectivity index (χ1n) is 9.20. The van der Waals surface area contributed by atoms with Crippen LogP contribution >= 0.6 is 0 Å². The molecule has 5 nitrogen and oxygen atoms in total. The number of amides is 2. The Labute approximate surface area is 158 Å². The van der Waals surface area contributed by atoms with Crippen molar-refractivity contribution < 1.29 is 14.0 Å². The second kappa shape index (κ2) is 8.20. The van der Waals surface area contributed by atoms with E-state index >= 15 is 0 Å². The summed E-state index contributed by atoms with van der Waals surface area (Å²) in [6.07, 6.45) is 0.382. The molecule has 1 saturated heterocycles. The first-order valence-corrected chi connectivity index (χ1v) is 9.20. The highest BCUT2D eigenvalue weighted by Crippen LogP contribution is 2.23. The number of halogens is 1. The van der Waals surface area contributed by atoms with E-state index in [1.807, 2.05) is 17.9 Å². The van der Waals surface area contributed by atoms with Gasteiger partial charge in [-0.25, -0.2) is 4.39 Å². The molecule has 1 N–H and O–H groups in total. The average Bonchev–Trinajstić information content (AvgIpc) is 2.68. The van der Waals surface area contributed by atoms with Gasteiger partial charge in [0.25, 0.3) is 5.91 Å². The molecule has 0 bridgehead atoms. The molecule has 0 aliphatic carbocycles. The van der Waals surface area contributed by atoms with Gasteiger partial charge in [-0.3, -0.25) is 9.59 Å². The van der Waals surface area contributed by atoms with Crippen molar-refractivity contribution in [2.45, 2.75) is 26.3 Å². The number of para-hydroxylation sites is 1. The normalized spacial score (nSPS) is 16.9. The maximum absolute atomic E-state index is 14.0. The summed E-state index contributed by atoms with van der Waals surface area (Å²) in [6.45, 7) is 5.40. The zero-order valence-electron chi connectivity index (χ0n) is 15.6. The molecule has 0 radical (unpaired) electrons. The van der Waals surface area contributed by atoms with E-state index in [1.54, 1.807) is 48.2 Å². The third-order valence-corrected chi connectivity index (χ3v) is 4.80. The van der Waals surface area contributed by atoms with Crippen LogP contribution in [0.25, 0.3) is 0 Å². The van der Waals surface area contributed by atoms with Crippen molar-refractivity contribution in [2.75, 3.05) is 29.9 Å². The summed E-state index contributed by atoms with van der Waals surface area (Å²) < 4.78 is 14.0. The van der Waals surface area contributed by atoms with Crippen molar-refractivity contribution in [3.63, 3.8) is 0 Å². The Morgan fingerprint density at radius 1 is 1.15 bits per heavy atom. The molecular formula is C21H24FN3O2. The van der Waals surface area contributed by atoms with E-state index in [9.17, 15) is 14.0 Å². The Morgan fingerprint density at radius 3 is 2.63 bits per heavy atom. The van der Waals surface area contributed by atoms with E-state index in [0.29, 0.717) is 43.0 Å². The first kappa shape index (κ1) is 18.9. The summed E-state index contributed by atoms with van der Waals surface area (Å²) in [5, 5.41) is 2.78. The quantitative estimate of drug-likeness (QED) is 0.897. The molecule has 6 heteroatoms. The average molecular weight is 369 g/mol. The van der Waals surface area contributed by atoms with Gasteiger partial charge < -0.3 is 15.1 Å². The maximum atomic E-state index is 14.0. The molecular weight excluding hydrogens is 345 g/mol. The van der Waals surface area contributed by atoms with Gasteiger partial charge in [-0.15, -0.1) is 0 Å². The highest BCUT2D eigenvalue weighted by Gasteiger charge is 2.29. The summed E-state index contributed by atoms with van der Waals surface area (Å²) in [7, 11) is 0. The van der Waals surface area contributed by atoms with Gasteiger partial charge in [-0.1, -0.05) is 25.1 Å². The van der Waals surface area contributed by atoms with Crippen molar-refractivity contribution in [3.05, 3.63) is 59.9 Å². The highest BCUT2D eigenvalue weighted by atomic mass is 19.1. The Hall–Kier alpha value is -2.89. The van der Waals surface area contributed by atoms with Crippen LogP contribution in [-0.2, 0) is 4.79 Å². The zero-order chi connectivity index (χ0) is 19.4. The number of piperazine rings is 1. The molecule has 2 aromatic carbocycles. The summed E-state index contributed by atoms with van der Waals surface area (Å²) in [6, 6.07) is 13.6. The third-order valence-electron chi connectivity index (χ3n) is 4.80. The van der Waals surface area contributed by atoms with E-state index in [4.69, 9.17) is 0 Å². The van der Waals surface area contributed by atoms with Gasteiger partial charge in [0, 0.05) is 43.3 Å². The van der Waals surface area contributed by atoms with Gasteiger partial charge in [0.2, 0.25) is 5.91 Å². The number of rotatable bonds is 4. The minimum absolute atomic E-state index is 0.0558. The minimum atomic E-state index is -0.246. The lowest BCUT2D eigenvalue weighted by molar-refractivity contribution is -0.115. The number of hydrogen-bond donors (Lipinski definition) is 1. The molecule has 3 rings (SSSR count). The predicted octanol–water partition coefficient (Wildman–Crippen LogP) is 3.53. The van der Waals surface area contributed by atoms with E-state index in [2.05, 4.69) is 5.32 Å². The van der Waals surface area contributed by atoms with Crippen molar-refractivity contribution in [1.82, 2.24) is 4.90 Å². The lowest BCUT2D eigenvalue weighted by Crippen LogP contribution is -2.54. The van der Waals surface area contributed by atoms with Gasteiger partial charge in [-0.2, -0.15) is 0 Å². The summed E-state index contributed by atoms with van der Waals surface area (Å²) in [5.41, 5.74) is 1.72. The van der Waals surface area contributed by atoms with Gasteiger partial charge in [0.15, 0.2) is 0 Å². The van der Waals surface area contributed by atoms with Crippen LogP contribution in [0.3, 0.4) is 0 Å². The molecule has 1 aliphatic heterocycles. The van der Waals surface area contributed by atoms with Crippen LogP contribution in [0, 0.1) is 5.82 Å². The minimum Gasteiger partial charge on any atom is -0.365 e. The molecule has 1 atom stereocenters. The molecule has 1 aliphatic rings. The smallest absolute Gasteiger partial charge is 0.254 e. The standard InChI is InChI=1S/C21H24FN3O2/c1-3-20(26)23-17-8-6-7-16(13-17)21(27)25-12-11-24(14-15(25)2)19-10-5-4-9-18(19)22/h4-10,13,15H,3,11-12,14H2,1-2H3,(H,23,26). The van der Waals surface area contributed by atoms with E-state index < -0.39 is 0 Å². The van der Waals surface area contributed by atoms with E-state index in [-0.39, 0.29) is 23.7 Å². The Bertz CT molecular complexity index is 840. The summed E-state index contributed by atoms with van der Waals surface area (Å²) >= 11 is 0. The fraction of sp³-hybridized carbons (Fsp3) is 0.333. The molecule has 2 amide bonds. The number of anilines is 2. The number of carbonyl (C=O) groups excluding carboxylic acids is 2. The fourth-order valence-electron chi connectivity index (χ4n) is 3.33. The Balaban J connectivity index is 1.71. The second-order valence-corrected chi connectivity index (χ2v) is 6.73. The van der Waals surface area contributed by atoms with Crippen LogP contribution < -0.4 is 10.2 Å². The van der Waals surface area contributed by atoms with Crippen LogP contribution in [0.4, 0.5) is 15.8 Å². The maximum Gasteiger partial charge on any atom is 0.254 e. The number of hydrogen-bond acceptors (Lipinski definition) is 3. The molecule has 1 unspecified atom stereocenters. The second-order valence-electron chi connectivity index (χ2n) is 6.73. The first-order chi connectivity index (χ1) is 13.0. The van der Waals surface area contributed by atoms with Crippen molar-refractivity contribution >= 4 is 23.2 Å². The Morgan fingerprint density at radius 2 is 1.93 bits per heavy atom. The molecule has 2 aromatic rings. The number of nitrogens with one attached hydrogen (secondary N) is 1. The van der Waals surface area contributed by atoms with Crippen LogP contribution in [0.1, 0.15) is 30.6 Å². The predicted molar refractivity (Wildman–Crippen MR) is 104 cm³/mol. The van der Waals surface area contributed by atoms with Crippen molar-refractivity contribution in [1.29, 1.82) is 0 Å². The van der Waals surface area contributed by atoms with Crippen LogP contribution in [0.5, 0.6) is 0 Å². The molecule has 142 valence electrons. The van der Waals surface area contributed by atoms with Gasteiger partial charge >= 0.3 is 0 Å². The summed E-state index contributed by atoms with van der Waals surface area (Å²) in [5.74, 6) is -0.418. The summed E-state index contributed by atoms with van der Waals surface area (Å²) in [4.78, 5) is 28.3. The van der Waals surface area contributed by atoms with E-state index in [0.717, 1.165) is 0 Å². The van der Waals surface area contributed by atoms with E-state index in [1.165, 1.54) is 6.07 Å². The van der Waals surface area contributed by atoms with Gasteiger partial charge in [0.1, 0.15) is 5.82 Å². The SMILES string of the molecule is CCC(=O)Nc1cccc(C(=O)N2CCN(c3ccccc3F)CC2C)c1. The highest BCUT2D eigenvalue weighted by molar-refractivity contribution is 5.97. The van der Waals surface area contributed by atoms with Crippen LogP contribution in [0.15, 0.2) is 48.5 Å². The molecule has 0 spiro atoms. The van der Waals surface area contributed by atoms with Gasteiger partial charge in [0.05, 0.1) is 5.69 Å². The molecule has 27 heavy (non-hydrogen) atoms. The monoisotopic (exact) mass is 369 g/mol. The third kappa shape index (κ3) is 4.27. The largest absolute Gasteiger partial charge is 0.365 e. The molecule has 1 fully saturated rings. The molecule has 0 aromatic heterocycles. The van der Waals surface area contributed by atoms with Crippen LogP contribution in [-0.4, -0.2) is 42.4 Å². The zero-order valence-corrected chi connectivity index (χ0v) is 15.6. The van der Waals surface area contributed by atoms with Crippen molar-refractivity contribution in [3.8, 4) is 0 Å². The lowest BCUT2D eigenvalue weighted by atomic mass is 10.1.